The van der Waals surface area contributed by atoms with Crippen molar-refractivity contribution in [1.82, 2.24) is 24.8 Å². The molecule has 7 heteroatoms. The zero-order valence-corrected chi connectivity index (χ0v) is 20.4. The van der Waals surface area contributed by atoms with Gasteiger partial charge < -0.3 is 9.80 Å². The smallest absolute Gasteiger partial charge is 0.274 e. The molecule has 2 saturated heterocycles. The van der Waals surface area contributed by atoms with Crippen molar-refractivity contribution in [3.63, 3.8) is 0 Å². The second kappa shape index (κ2) is 10.5. The van der Waals surface area contributed by atoms with E-state index in [4.69, 9.17) is 0 Å². The number of piperidine rings is 2. The lowest BCUT2D eigenvalue weighted by Gasteiger charge is -2.34. The first-order valence-electron chi connectivity index (χ1n) is 12.8. The Hall–Kier alpha value is -3.35. The number of carbonyl (C=O) groups excluding carboxylic acids is 2. The van der Waals surface area contributed by atoms with Crippen molar-refractivity contribution in [3.8, 4) is 0 Å². The zero-order valence-electron chi connectivity index (χ0n) is 20.4. The monoisotopic (exact) mass is 471 g/mol. The van der Waals surface area contributed by atoms with E-state index >= 15 is 0 Å². The summed E-state index contributed by atoms with van der Waals surface area (Å²) in [5.74, 6) is 0.814. The minimum absolute atomic E-state index is 0.0170. The number of pyridine rings is 1. The van der Waals surface area contributed by atoms with Gasteiger partial charge in [0.1, 0.15) is 5.69 Å². The number of rotatable bonds is 5. The Balaban J connectivity index is 1.28. The molecule has 1 aromatic carbocycles. The van der Waals surface area contributed by atoms with Gasteiger partial charge in [-0.1, -0.05) is 18.2 Å². The SMILES string of the molecule is CC(=O)N1CCC[C@H](Cc2nccnc2C(=O)N2CCC[C@H](Cc3cccc4ncccc34)C2)C1. The van der Waals surface area contributed by atoms with Crippen LogP contribution in [0.1, 0.15) is 54.4 Å². The number of hydrogen-bond donors (Lipinski definition) is 0. The molecule has 2 atom stereocenters. The van der Waals surface area contributed by atoms with Gasteiger partial charge in [-0.3, -0.25) is 19.6 Å². The fourth-order valence-electron chi connectivity index (χ4n) is 5.71. The fraction of sp³-hybridized carbons (Fsp3) is 0.464. The summed E-state index contributed by atoms with van der Waals surface area (Å²) in [6.45, 7) is 4.66. The Kier molecular flexibility index (Phi) is 7.02. The molecule has 2 aromatic heterocycles. The number of likely N-dealkylation sites (tertiary alicyclic amines) is 2. The topological polar surface area (TPSA) is 79.3 Å². The first-order chi connectivity index (χ1) is 17.1. The Labute approximate surface area is 206 Å². The predicted molar refractivity (Wildman–Crippen MR) is 135 cm³/mol. The van der Waals surface area contributed by atoms with Gasteiger partial charge in [-0.05, 0) is 68.1 Å². The first-order valence-corrected chi connectivity index (χ1v) is 12.8. The Morgan fingerprint density at radius 2 is 1.60 bits per heavy atom. The number of nitrogens with zero attached hydrogens (tertiary/aromatic N) is 5. The average molecular weight is 472 g/mol. The molecule has 4 heterocycles. The molecule has 0 N–H and O–H groups in total. The van der Waals surface area contributed by atoms with Crippen LogP contribution in [0.4, 0.5) is 0 Å². The molecule has 0 aliphatic carbocycles. The molecule has 2 fully saturated rings. The molecule has 2 aliphatic rings. The van der Waals surface area contributed by atoms with Crippen molar-refractivity contribution in [2.75, 3.05) is 26.2 Å². The molecular formula is C28H33N5O2. The van der Waals surface area contributed by atoms with Crippen molar-refractivity contribution in [2.24, 2.45) is 11.8 Å². The average Bonchev–Trinajstić information content (AvgIpc) is 2.89. The highest BCUT2D eigenvalue weighted by atomic mass is 16.2. The largest absolute Gasteiger partial charge is 0.343 e. The van der Waals surface area contributed by atoms with Crippen LogP contribution in [-0.4, -0.2) is 62.7 Å². The van der Waals surface area contributed by atoms with Gasteiger partial charge in [0.2, 0.25) is 5.91 Å². The summed E-state index contributed by atoms with van der Waals surface area (Å²) in [6, 6.07) is 10.4. The molecule has 182 valence electrons. The van der Waals surface area contributed by atoms with Crippen LogP contribution >= 0.6 is 0 Å². The van der Waals surface area contributed by atoms with Crippen molar-refractivity contribution in [1.29, 1.82) is 0 Å². The van der Waals surface area contributed by atoms with Gasteiger partial charge in [0.15, 0.2) is 0 Å². The van der Waals surface area contributed by atoms with Crippen molar-refractivity contribution in [2.45, 2.75) is 45.4 Å². The zero-order chi connectivity index (χ0) is 24.2. The molecule has 0 unspecified atom stereocenters. The Bertz CT molecular complexity index is 1210. The summed E-state index contributed by atoms with van der Waals surface area (Å²) in [5.41, 5.74) is 3.55. The second-order valence-corrected chi connectivity index (χ2v) is 9.98. The lowest BCUT2D eigenvalue weighted by atomic mass is 9.89. The predicted octanol–water partition coefficient (Wildman–Crippen LogP) is 3.92. The summed E-state index contributed by atoms with van der Waals surface area (Å²) >= 11 is 0. The van der Waals surface area contributed by atoms with Gasteiger partial charge in [0.05, 0.1) is 11.2 Å². The van der Waals surface area contributed by atoms with E-state index in [1.165, 1.54) is 10.9 Å². The molecule has 0 spiro atoms. The lowest BCUT2D eigenvalue weighted by Crippen LogP contribution is -2.42. The lowest BCUT2D eigenvalue weighted by molar-refractivity contribution is -0.130. The molecule has 5 rings (SSSR count). The number of carbonyl (C=O) groups is 2. The van der Waals surface area contributed by atoms with Gasteiger partial charge >= 0.3 is 0 Å². The maximum absolute atomic E-state index is 13.6. The minimum atomic E-state index is -0.0170. The maximum atomic E-state index is 13.6. The molecule has 0 saturated carbocycles. The van der Waals surface area contributed by atoms with Crippen molar-refractivity contribution >= 4 is 22.7 Å². The summed E-state index contributed by atoms with van der Waals surface area (Å²) in [4.78, 5) is 42.8. The standard InChI is InChI=1S/C28H33N5O2/c1-20(34)32-14-4-7-22(18-32)17-26-27(31-13-12-30-26)28(35)33-15-5-6-21(19-33)16-23-8-2-10-25-24(23)9-3-11-29-25/h2-3,8-13,21-22H,4-7,14-19H2,1H3/t21-,22-/m1/s1. The Morgan fingerprint density at radius 1 is 0.857 bits per heavy atom. The van der Waals surface area contributed by atoms with Gasteiger partial charge in [-0.2, -0.15) is 0 Å². The van der Waals surface area contributed by atoms with E-state index in [2.05, 4.69) is 33.2 Å². The third-order valence-electron chi connectivity index (χ3n) is 7.47. The van der Waals surface area contributed by atoms with Crippen LogP contribution in [-0.2, 0) is 17.6 Å². The number of fused-ring (bicyclic) bond motifs is 1. The molecular weight excluding hydrogens is 438 g/mol. The minimum Gasteiger partial charge on any atom is -0.343 e. The number of hydrogen-bond acceptors (Lipinski definition) is 5. The van der Waals surface area contributed by atoms with Crippen LogP contribution in [0, 0.1) is 11.8 Å². The van der Waals surface area contributed by atoms with Gasteiger partial charge in [-0.15, -0.1) is 0 Å². The maximum Gasteiger partial charge on any atom is 0.274 e. The van der Waals surface area contributed by atoms with Crippen LogP contribution in [0.3, 0.4) is 0 Å². The van der Waals surface area contributed by atoms with Crippen LogP contribution in [0.25, 0.3) is 10.9 Å². The normalized spacial score (nSPS) is 20.7. The van der Waals surface area contributed by atoms with E-state index in [1.807, 2.05) is 28.1 Å². The highest BCUT2D eigenvalue weighted by Gasteiger charge is 2.29. The van der Waals surface area contributed by atoms with Crippen LogP contribution in [0.15, 0.2) is 48.9 Å². The third-order valence-corrected chi connectivity index (χ3v) is 7.47. The van der Waals surface area contributed by atoms with Crippen molar-refractivity contribution < 1.29 is 9.59 Å². The Morgan fingerprint density at radius 3 is 2.43 bits per heavy atom. The first kappa shape index (κ1) is 23.4. The summed E-state index contributed by atoms with van der Waals surface area (Å²) in [5, 5.41) is 1.20. The molecule has 2 amide bonds. The quantitative estimate of drug-likeness (QED) is 0.564. The molecule has 2 aliphatic heterocycles. The number of benzene rings is 1. The molecule has 0 radical (unpaired) electrons. The van der Waals surface area contributed by atoms with E-state index in [-0.39, 0.29) is 11.8 Å². The highest BCUT2D eigenvalue weighted by Crippen LogP contribution is 2.27. The van der Waals surface area contributed by atoms with Gasteiger partial charge in [0.25, 0.3) is 5.91 Å². The van der Waals surface area contributed by atoms with Crippen molar-refractivity contribution in [3.05, 3.63) is 65.9 Å². The van der Waals surface area contributed by atoms with Crippen LogP contribution in [0.2, 0.25) is 0 Å². The van der Waals surface area contributed by atoms with E-state index in [1.54, 1.807) is 19.3 Å². The van der Waals surface area contributed by atoms with E-state index in [9.17, 15) is 9.59 Å². The van der Waals surface area contributed by atoms with Gasteiger partial charge in [0, 0.05) is 57.1 Å². The number of aromatic nitrogens is 3. The van der Waals surface area contributed by atoms with E-state index in [0.717, 1.165) is 69.5 Å². The number of amides is 2. The molecule has 7 nitrogen and oxygen atoms in total. The van der Waals surface area contributed by atoms with E-state index in [0.29, 0.717) is 24.0 Å². The fourth-order valence-corrected chi connectivity index (χ4v) is 5.71. The molecule has 35 heavy (non-hydrogen) atoms. The van der Waals surface area contributed by atoms with E-state index < -0.39 is 0 Å². The summed E-state index contributed by atoms with van der Waals surface area (Å²) < 4.78 is 0. The second-order valence-electron chi connectivity index (χ2n) is 9.98. The van der Waals surface area contributed by atoms with Crippen LogP contribution < -0.4 is 0 Å². The molecule has 0 bridgehead atoms. The van der Waals surface area contributed by atoms with Gasteiger partial charge in [-0.25, -0.2) is 4.98 Å². The summed E-state index contributed by atoms with van der Waals surface area (Å²) in [6.07, 6.45) is 10.9. The van der Waals surface area contributed by atoms with Crippen LogP contribution in [0.5, 0.6) is 0 Å². The molecule has 3 aromatic rings. The third kappa shape index (κ3) is 5.34. The highest BCUT2D eigenvalue weighted by molar-refractivity contribution is 5.93. The summed E-state index contributed by atoms with van der Waals surface area (Å²) in [7, 11) is 0.